The zero-order valence-electron chi connectivity index (χ0n) is 9.90. The van der Waals surface area contributed by atoms with Crippen LogP contribution in [0.1, 0.15) is 40.6 Å². The van der Waals surface area contributed by atoms with Crippen LogP contribution in [0.4, 0.5) is 0 Å². The van der Waals surface area contributed by atoms with Crippen molar-refractivity contribution in [2.24, 2.45) is 5.92 Å². The van der Waals surface area contributed by atoms with E-state index in [2.05, 4.69) is 10.3 Å². The first-order chi connectivity index (χ1) is 8.49. The number of carboxylic acids is 1. The van der Waals surface area contributed by atoms with Crippen molar-refractivity contribution < 1.29 is 19.5 Å². The number of rotatable bonds is 5. The Balaban J connectivity index is 2.05. The molecule has 1 aromatic heterocycles. The average Bonchev–Trinajstić information content (AvgIpc) is 3.00. The fourth-order valence-corrected chi connectivity index (χ4v) is 1.76. The molecular weight excluding hydrogens is 236 g/mol. The molecular formula is C12H14N2O4. The number of aromatic nitrogens is 1. The Morgan fingerprint density at radius 2 is 2.11 bits per heavy atom. The van der Waals surface area contributed by atoms with Gasteiger partial charge in [-0.2, -0.15) is 0 Å². The standard InChI is InChI=1S/C12H14N2O4/c1-6(15)8-4-9(13-5-8)11(16)14-10(12(17)18)7-2-3-7/h4-5,7,10,13H,2-3H2,1H3,(H,14,16)(H,17,18). The summed E-state index contributed by atoms with van der Waals surface area (Å²) in [7, 11) is 0. The van der Waals surface area contributed by atoms with Gasteiger partial charge in [-0.3, -0.25) is 9.59 Å². The maximum atomic E-state index is 11.8. The van der Waals surface area contributed by atoms with Crippen LogP contribution in [0.25, 0.3) is 0 Å². The normalized spacial score (nSPS) is 16.1. The fraction of sp³-hybridized carbons (Fsp3) is 0.417. The molecule has 0 bridgehead atoms. The van der Waals surface area contributed by atoms with Crippen molar-refractivity contribution in [2.45, 2.75) is 25.8 Å². The van der Waals surface area contributed by atoms with Crippen molar-refractivity contribution in [1.82, 2.24) is 10.3 Å². The molecule has 96 valence electrons. The SMILES string of the molecule is CC(=O)c1c[nH]c(C(=O)NC(C(=O)O)C2CC2)c1. The molecule has 0 aromatic carbocycles. The minimum absolute atomic E-state index is 0.0219. The summed E-state index contributed by atoms with van der Waals surface area (Å²) in [6.45, 7) is 1.40. The molecule has 1 heterocycles. The van der Waals surface area contributed by atoms with E-state index < -0.39 is 17.9 Å². The third-order valence-corrected chi connectivity index (χ3v) is 2.98. The van der Waals surface area contributed by atoms with Crippen molar-refractivity contribution in [2.75, 3.05) is 0 Å². The molecule has 1 saturated carbocycles. The number of ketones is 1. The minimum atomic E-state index is -1.02. The van der Waals surface area contributed by atoms with Gasteiger partial charge in [-0.05, 0) is 31.7 Å². The number of H-pyrrole nitrogens is 1. The van der Waals surface area contributed by atoms with E-state index in [4.69, 9.17) is 5.11 Å². The Morgan fingerprint density at radius 3 is 2.56 bits per heavy atom. The molecule has 18 heavy (non-hydrogen) atoms. The first-order valence-corrected chi connectivity index (χ1v) is 5.72. The highest BCUT2D eigenvalue weighted by atomic mass is 16.4. The van der Waals surface area contributed by atoms with Crippen molar-refractivity contribution in [3.63, 3.8) is 0 Å². The highest BCUT2D eigenvalue weighted by Gasteiger charge is 2.37. The smallest absolute Gasteiger partial charge is 0.326 e. The zero-order valence-corrected chi connectivity index (χ0v) is 9.90. The molecule has 0 spiro atoms. The van der Waals surface area contributed by atoms with Gasteiger partial charge in [0.1, 0.15) is 11.7 Å². The van der Waals surface area contributed by atoms with Crippen LogP contribution in [-0.4, -0.2) is 33.8 Å². The van der Waals surface area contributed by atoms with Gasteiger partial charge in [-0.25, -0.2) is 4.79 Å². The van der Waals surface area contributed by atoms with E-state index in [1.807, 2.05) is 0 Å². The molecule has 6 nitrogen and oxygen atoms in total. The van der Waals surface area contributed by atoms with Crippen molar-refractivity contribution in [3.05, 3.63) is 23.5 Å². The fourth-order valence-electron chi connectivity index (χ4n) is 1.76. The molecule has 1 amide bonds. The second kappa shape index (κ2) is 4.64. The lowest BCUT2D eigenvalue weighted by Crippen LogP contribution is -2.42. The number of carbonyl (C=O) groups excluding carboxylic acids is 2. The molecule has 1 unspecified atom stereocenters. The van der Waals surface area contributed by atoms with Crippen molar-refractivity contribution in [3.8, 4) is 0 Å². The monoisotopic (exact) mass is 250 g/mol. The topological polar surface area (TPSA) is 99.3 Å². The molecule has 0 radical (unpaired) electrons. The van der Waals surface area contributed by atoms with Crippen LogP contribution in [0.2, 0.25) is 0 Å². The maximum absolute atomic E-state index is 11.8. The first-order valence-electron chi connectivity index (χ1n) is 5.72. The van der Waals surface area contributed by atoms with Crippen LogP contribution < -0.4 is 5.32 Å². The van der Waals surface area contributed by atoms with Gasteiger partial charge >= 0.3 is 5.97 Å². The third-order valence-electron chi connectivity index (χ3n) is 2.98. The number of carboxylic acid groups (broad SMARTS) is 1. The van der Waals surface area contributed by atoms with E-state index >= 15 is 0 Å². The summed E-state index contributed by atoms with van der Waals surface area (Å²) in [6.07, 6.45) is 3.07. The Morgan fingerprint density at radius 1 is 1.44 bits per heavy atom. The van der Waals surface area contributed by atoms with Gasteiger partial charge < -0.3 is 15.4 Å². The third kappa shape index (κ3) is 2.58. The Kier molecular flexibility index (Phi) is 3.18. The Hall–Kier alpha value is -2.11. The second-order valence-corrected chi connectivity index (χ2v) is 4.49. The predicted octanol–water partition coefficient (Wildman–Crippen LogP) is 0.810. The summed E-state index contributed by atoms with van der Waals surface area (Å²) in [6, 6.07) is 0.574. The van der Waals surface area contributed by atoms with Gasteiger partial charge in [0.15, 0.2) is 5.78 Å². The Labute approximate surface area is 103 Å². The lowest BCUT2D eigenvalue weighted by atomic mass is 10.2. The second-order valence-electron chi connectivity index (χ2n) is 4.49. The van der Waals surface area contributed by atoms with Crippen LogP contribution in [0.15, 0.2) is 12.3 Å². The van der Waals surface area contributed by atoms with Gasteiger partial charge in [0.05, 0.1) is 0 Å². The van der Waals surface area contributed by atoms with E-state index in [9.17, 15) is 14.4 Å². The number of carbonyl (C=O) groups is 3. The molecule has 1 aliphatic carbocycles. The summed E-state index contributed by atoms with van der Waals surface area (Å²) in [4.78, 5) is 36.5. The van der Waals surface area contributed by atoms with Crippen LogP contribution in [0.5, 0.6) is 0 Å². The number of aromatic amines is 1. The highest BCUT2D eigenvalue weighted by Crippen LogP contribution is 2.32. The number of hydrogen-bond donors (Lipinski definition) is 3. The predicted molar refractivity (Wildman–Crippen MR) is 62.4 cm³/mol. The Bertz CT molecular complexity index is 502. The van der Waals surface area contributed by atoms with E-state index in [1.165, 1.54) is 19.2 Å². The molecule has 6 heteroatoms. The van der Waals surface area contributed by atoms with E-state index in [0.717, 1.165) is 12.8 Å². The number of aliphatic carboxylic acids is 1. The molecule has 1 aromatic rings. The molecule has 0 aliphatic heterocycles. The van der Waals surface area contributed by atoms with Gasteiger partial charge in [-0.1, -0.05) is 0 Å². The van der Waals surface area contributed by atoms with Gasteiger partial charge in [0, 0.05) is 11.8 Å². The van der Waals surface area contributed by atoms with E-state index in [0.29, 0.717) is 5.56 Å². The molecule has 1 atom stereocenters. The molecule has 3 N–H and O–H groups in total. The molecule has 0 saturated heterocycles. The van der Waals surface area contributed by atoms with Crippen LogP contribution in [-0.2, 0) is 4.79 Å². The number of Topliss-reactive ketones (excluding diaryl/α,β-unsaturated/α-hetero) is 1. The van der Waals surface area contributed by atoms with Crippen molar-refractivity contribution in [1.29, 1.82) is 0 Å². The summed E-state index contributed by atoms with van der Waals surface area (Å²) < 4.78 is 0. The lowest BCUT2D eigenvalue weighted by Gasteiger charge is -2.12. The molecule has 2 rings (SSSR count). The largest absolute Gasteiger partial charge is 0.480 e. The summed E-state index contributed by atoms with van der Waals surface area (Å²) in [5.74, 6) is -1.65. The molecule has 1 aliphatic rings. The number of hydrogen-bond acceptors (Lipinski definition) is 3. The summed E-state index contributed by atoms with van der Waals surface area (Å²) in [5.41, 5.74) is 0.602. The van der Waals surface area contributed by atoms with Gasteiger partial charge in [-0.15, -0.1) is 0 Å². The molecule has 1 fully saturated rings. The van der Waals surface area contributed by atoms with Gasteiger partial charge in [0.2, 0.25) is 0 Å². The minimum Gasteiger partial charge on any atom is -0.480 e. The number of amides is 1. The summed E-state index contributed by atoms with van der Waals surface area (Å²) in [5, 5.41) is 11.5. The van der Waals surface area contributed by atoms with E-state index in [1.54, 1.807) is 0 Å². The maximum Gasteiger partial charge on any atom is 0.326 e. The number of nitrogens with one attached hydrogen (secondary N) is 2. The van der Waals surface area contributed by atoms with Crippen LogP contribution >= 0.6 is 0 Å². The van der Waals surface area contributed by atoms with E-state index in [-0.39, 0.29) is 17.4 Å². The van der Waals surface area contributed by atoms with Crippen LogP contribution in [0.3, 0.4) is 0 Å². The first kappa shape index (κ1) is 12.3. The highest BCUT2D eigenvalue weighted by molar-refractivity contribution is 6.00. The lowest BCUT2D eigenvalue weighted by molar-refractivity contribution is -0.139. The van der Waals surface area contributed by atoms with Gasteiger partial charge in [0.25, 0.3) is 5.91 Å². The zero-order chi connectivity index (χ0) is 13.3. The average molecular weight is 250 g/mol. The summed E-state index contributed by atoms with van der Waals surface area (Å²) >= 11 is 0. The van der Waals surface area contributed by atoms with Crippen LogP contribution in [0, 0.1) is 5.92 Å². The quantitative estimate of drug-likeness (QED) is 0.673. The van der Waals surface area contributed by atoms with Crippen molar-refractivity contribution >= 4 is 17.7 Å².